The number of carboxylic acid groups (broad SMARTS) is 1. The van der Waals surface area contributed by atoms with Gasteiger partial charge in [-0.15, -0.1) is 0 Å². The van der Waals surface area contributed by atoms with Crippen molar-refractivity contribution in [2.24, 2.45) is 0 Å². The Labute approximate surface area is 344 Å². The summed E-state index contributed by atoms with van der Waals surface area (Å²) in [5.41, 5.74) is 0. The molecule has 9 heteroatoms. The van der Waals surface area contributed by atoms with Gasteiger partial charge < -0.3 is 28.5 Å². The average Bonchev–Trinajstić information content (AvgIpc) is 3.15. The van der Waals surface area contributed by atoms with Crippen LogP contribution in [-0.2, 0) is 33.3 Å². The molecule has 0 rings (SSSR count). The summed E-state index contributed by atoms with van der Waals surface area (Å²) in [7, 11) is 5.95. The number of rotatable bonds is 42. The third kappa shape index (κ3) is 40.0. The van der Waals surface area contributed by atoms with Gasteiger partial charge in [0.1, 0.15) is 13.2 Å². The lowest BCUT2D eigenvalue weighted by Crippen LogP contribution is -2.40. The van der Waals surface area contributed by atoms with E-state index in [0.717, 1.165) is 51.4 Å². The molecule has 1 N–H and O–H groups in total. The van der Waals surface area contributed by atoms with Crippen LogP contribution in [0.3, 0.4) is 0 Å². The Bertz CT molecular complexity index is 976. The lowest BCUT2D eigenvalue weighted by molar-refractivity contribution is -0.870. The fourth-order valence-corrected chi connectivity index (χ4v) is 6.34. The van der Waals surface area contributed by atoms with Crippen LogP contribution in [0.25, 0.3) is 0 Å². The second-order valence-corrected chi connectivity index (χ2v) is 16.7. The second-order valence-electron chi connectivity index (χ2n) is 16.7. The maximum absolute atomic E-state index is 12.8. The first kappa shape index (κ1) is 53.8. The normalized spacial score (nSPS) is 13.1. The van der Waals surface area contributed by atoms with E-state index in [0.29, 0.717) is 23.9 Å². The Morgan fingerprint density at radius 2 is 0.964 bits per heavy atom. The van der Waals surface area contributed by atoms with Crippen molar-refractivity contribution in [1.29, 1.82) is 0 Å². The van der Waals surface area contributed by atoms with Crippen LogP contribution in [0.4, 0.5) is 0 Å². The van der Waals surface area contributed by atoms with Crippen LogP contribution in [0, 0.1) is 0 Å². The highest BCUT2D eigenvalue weighted by molar-refractivity contribution is 5.71. The number of hydrogen-bond donors (Lipinski definition) is 1. The maximum Gasteiger partial charge on any atom is 0.361 e. The maximum atomic E-state index is 12.8. The quantitative estimate of drug-likeness (QED) is 0.0214. The first-order chi connectivity index (χ1) is 27.1. The minimum absolute atomic E-state index is 0.181. The molecule has 0 spiro atoms. The van der Waals surface area contributed by atoms with Crippen molar-refractivity contribution in [3.05, 3.63) is 24.3 Å². The average molecular weight is 795 g/mol. The molecule has 0 aromatic carbocycles. The van der Waals surface area contributed by atoms with Gasteiger partial charge in [0, 0.05) is 12.8 Å². The van der Waals surface area contributed by atoms with Gasteiger partial charge in [0.2, 0.25) is 0 Å². The standard InChI is InChI=1S/C47H87NO8/c1-6-8-10-12-14-16-18-20-22-23-24-26-28-30-32-34-36-38-45(50)56-43(42-55-47(46(51)52)53-40-39-48(3,4)5)41-54-44(49)37-35-33-31-29-27-25-21-19-17-15-13-11-9-7-2/h14,16,20,22,43,47H,6-13,15,17-19,21,23-42H2,1-5H3/p+1/b16-14-,22-20-. The number of aliphatic carboxylic acids is 1. The lowest BCUT2D eigenvalue weighted by Gasteiger charge is -2.25. The van der Waals surface area contributed by atoms with Gasteiger partial charge in [-0.3, -0.25) is 9.59 Å². The summed E-state index contributed by atoms with van der Waals surface area (Å²) in [6.45, 7) is 4.85. The van der Waals surface area contributed by atoms with E-state index in [4.69, 9.17) is 18.9 Å². The van der Waals surface area contributed by atoms with Gasteiger partial charge in [-0.1, -0.05) is 167 Å². The van der Waals surface area contributed by atoms with E-state index >= 15 is 0 Å². The highest BCUT2D eigenvalue weighted by Gasteiger charge is 2.25. The highest BCUT2D eigenvalue weighted by Crippen LogP contribution is 2.15. The summed E-state index contributed by atoms with van der Waals surface area (Å²) in [5, 5.41) is 9.63. The smallest absolute Gasteiger partial charge is 0.361 e. The van der Waals surface area contributed by atoms with Crippen LogP contribution >= 0.6 is 0 Å². The molecule has 56 heavy (non-hydrogen) atoms. The predicted octanol–water partition coefficient (Wildman–Crippen LogP) is 12.1. The minimum Gasteiger partial charge on any atom is -0.477 e. The van der Waals surface area contributed by atoms with E-state index in [9.17, 15) is 19.5 Å². The van der Waals surface area contributed by atoms with Gasteiger partial charge in [-0.05, 0) is 44.9 Å². The van der Waals surface area contributed by atoms with E-state index < -0.39 is 24.3 Å². The van der Waals surface area contributed by atoms with Gasteiger partial charge in [0.25, 0.3) is 6.29 Å². The zero-order valence-corrected chi connectivity index (χ0v) is 37.1. The molecule has 0 fully saturated rings. The predicted molar refractivity (Wildman–Crippen MR) is 231 cm³/mol. The molecule has 0 bridgehead atoms. The number of allylic oxidation sites excluding steroid dienone is 4. The lowest BCUT2D eigenvalue weighted by atomic mass is 10.0. The van der Waals surface area contributed by atoms with E-state index in [1.807, 2.05) is 21.1 Å². The molecule has 0 aromatic rings. The number of carbonyl (C=O) groups is 3. The van der Waals surface area contributed by atoms with Gasteiger partial charge in [0.05, 0.1) is 34.4 Å². The van der Waals surface area contributed by atoms with Gasteiger partial charge >= 0.3 is 17.9 Å². The summed E-state index contributed by atoms with van der Waals surface area (Å²) < 4.78 is 22.7. The van der Waals surface area contributed by atoms with E-state index in [1.165, 1.54) is 116 Å². The Morgan fingerprint density at radius 1 is 0.536 bits per heavy atom. The summed E-state index contributed by atoms with van der Waals surface area (Å²) in [4.78, 5) is 37.1. The molecule has 0 saturated carbocycles. The van der Waals surface area contributed by atoms with Gasteiger partial charge in [0.15, 0.2) is 6.10 Å². The van der Waals surface area contributed by atoms with Gasteiger partial charge in [-0.2, -0.15) is 0 Å². The summed E-state index contributed by atoms with van der Waals surface area (Å²) in [6.07, 6.45) is 39.4. The molecular formula is C47H88NO8+. The number of carboxylic acids is 1. The summed E-state index contributed by atoms with van der Waals surface area (Å²) >= 11 is 0. The number of carbonyl (C=O) groups excluding carboxylic acids is 2. The second kappa shape index (κ2) is 39.6. The minimum atomic E-state index is -1.51. The van der Waals surface area contributed by atoms with Crippen molar-refractivity contribution in [1.82, 2.24) is 0 Å². The Hall–Kier alpha value is -2.23. The first-order valence-electron chi connectivity index (χ1n) is 23.0. The molecule has 0 aliphatic carbocycles. The van der Waals surface area contributed by atoms with Gasteiger partial charge in [-0.25, -0.2) is 4.79 Å². The zero-order valence-electron chi connectivity index (χ0n) is 37.1. The molecule has 0 aliphatic heterocycles. The van der Waals surface area contributed by atoms with E-state index in [-0.39, 0.29) is 32.2 Å². The Balaban J connectivity index is 4.42. The molecule has 0 amide bonds. The molecular weight excluding hydrogens is 707 g/mol. The monoisotopic (exact) mass is 795 g/mol. The highest BCUT2D eigenvalue weighted by atomic mass is 16.7. The number of quaternary nitrogens is 1. The summed E-state index contributed by atoms with van der Waals surface area (Å²) in [6, 6.07) is 0. The van der Waals surface area contributed by atoms with Crippen LogP contribution in [0.1, 0.15) is 200 Å². The molecule has 9 nitrogen and oxygen atoms in total. The number of hydrogen-bond acceptors (Lipinski definition) is 7. The number of likely N-dealkylation sites (N-methyl/N-ethyl adjacent to an activating group) is 1. The largest absolute Gasteiger partial charge is 0.477 e. The fourth-order valence-electron chi connectivity index (χ4n) is 6.34. The van der Waals surface area contributed by atoms with E-state index in [2.05, 4.69) is 38.2 Å². The first-order valence-corrected chi connectivity index (χ1v) is 23.0. The van der Waals surface area contributed by atoms with Crippen molar-refractivity contribution in [3.63, 3.8) is 0 Å². The third-order valence-electron chi connectivity index (χ3n) is 9.96. The molecule has 0 aromatic heterocycles. The zero-order chi connectivity index (χ0) is 41.4. The SMILES string of the molecule is CCCCC/C=C\C/C=C\CCCCCCCCCC(=O)OC(COC(=O)CCCCCCCCCCCCCCCC)COC(OCC[N+](C)(C)C)C(=O)O. The molecule has 2 unspecified atom stereocenters. The van der Waals surface area contributed by atoms with Crippen molar-refractivity contribution in [2.75, 3.05) is 47.5 Å². The summed E-state index contributed by atoms with van der Waals surface area (Å²) in [5.74, 6) is -2.01. The van der Waals surface area contributed by atoms with Crippen molar-refractivity contribution in [3.8, 4) is 0 Å². The topological polar surface area (TPSA) is 108 Å². The fraction of sp³-hybridized carbons (Fsp3) is 0.851. The molecule has 2 atom stereocenters. The Kier molecular flexibility index (Phi) is 38.0. The number of ether oxygens (including phenoxy) is 4. The molecule has 0 saturated heterocycles. The molecule has 0 heterocycles. The number of esters is 2. The van der Waals surface area contributed by atoms with Crippen LogP contribution in [0.2, 0.25) is 0 Å². The third-order valence-corrected chi connectivity index (χ3v) is 9.96. The van der Waals surface area contributed by atoms with Crippen LogP contribution < -0.4 is 0 Å². The van der Waals surface area contributed by atoms with Crippen molar-refractivity contribution < 1.29 is 42.9 Å². The van der Waals surface area contributed by atoms with Crippen molar-refractivity contribution >= 4 is 17.9 Å². The van der Waals surface area contributed by atoms with Crippen LogP contribution in [0.5, 0.6) is 0 Å². The van der Waals surface area contributed by atoms with Crippen LogP contribution in [0.15, 0.2) is 24.3 Å². The number of unbranched alkanes of at least 4 members (excludes halogenated alkanes) is 23. The van der Waals surface area contributed by atoms with Crippen molar-refractivity contribution in [2.45, 2.75) is 212 Å². The molecule has 328 valence electrons. The van der Waals surface area contributed by atoms with Crippen LogP contribution in [-0.4, -0.2) is 87.4 Å². The Morgan fingerprint density at radius 3 is 1.45 bits per heavy atom. The molecule has 0 radical (unpaired) electrons. The molecule has 0 aliphatic rings. The van der Waals surface area contributed by atoms with E-state index in [1.54, 1.807) is 0 Å². The number of nitrogens with zero attached hydrogens (tertiary/aromatic N) is 1.